The normalized spacial score (nSPS) is 11.1. The number of fused-ring (bicyclic) bond motifs is 1. The summed E-state index contributed by atoms with van der Waals surface area (Å²) in [6.45, 7) is 2.01. The van der Waals surface area contributed by atoms with E-state index in [0.29, 0.717) is 38.3 Å². The summed E-state index contributed by atoms with van der Waals surface area (Å²) in [6.07, 6.45) is 3.67. The Morgan fingerprint density at radius 1 is 0.907 bits per heavy atom. The topological polar surface area (TPSA) is 84.4 Å². The lowest BCUT2D eigenvalue weighted by atomic mass is 10.1. The summed E-state index contributed by atoms with van der Waals surface area (Å²) in [5, 5.41) is 4.29. The van der Waals surface area contributed by atoms with E-state index < -0.39 is 0 Å². The van der Waals surface area contributed by atoms with Gasteiger partial charge in [-0.05, 0) is 67.1 Å². The molecule has 2 aromatic heterocycles. The Balaban J connectivity index is 1.33. The predicted octanol–water partition coefficient (Wildman–Crippen LogP) is 7.63. The first-order valence-electron chi connectivity index (χ1n) is 13.5. The second-order valence-corrected chi connectivity index (χ2v) is 10.6. The van der Waals surface area contributed by atoms with Crippen LogP contribution in [0.1, 0.15) is 43.4 Å². The van der Waals surface area contributed by atoms with E-state index in [9.17, 15) is 9.59 Å². The largest absolute Gasteiger partial charge is 0.487 e. The van der Waals surface area contributed by atoms with E-state index in [-0.39, 0.29) is 24.1 Å². The lowest BCUT2D eigenvalue weighted by Crippen LogP contribution is -2.27. The van der Waals surface area contributed by atoms with Gasteiger partial charge in [0.1, 0.15) is 23.6 Å². The van der Waals surface area contributed by atoms with Gasteiger partial charge in [0.05, 0.1) is 16.4 Å². The molecule has 7 nitrogen and oxygen atoms in total. The minimum atomic E-state index is -0.338. The summed E-state index contributed by atoms with van der Waals surface area (Å²) in [5.41, 5.74) is 4.97. The minimum Gasteiger partial charge on any atom is -0.487 e. The fraction of sp³-hybridized carbons (Fsp3) is 0.118. The molecule has 0 bridgehead atoms. The zero-order chi connectivity index (χ0) is 30.5. The van der Waals surface area contributed by atoms with Gasteiger partial charge in [-0.1, -0.05) is 65.7 Å². The molecule has 9 heteroatoms. The third kappa shape index (κ3) is 6.69. The number of aryl methyl sites for hydroxylation is 1. The van der Waals surface area contributed by atoms with Gasteiger partial charge in [0.15, 0.2) is 0 Å². The SMILES string of the molecule is CNC(=O)c1ccc(C=Cc2cccc(C(=O)N(C)c3ccc(Cl)c(COc4cccc5ccc(C)nc45)c3Cl)n2)cc1. The molecule has 2 heterocycles. The molecule has 0 fully saturated rings. The number of aromatic nitrogens is 2. The molecular weight excluding hydrogens is 583 g/mol. The van der Waals surface area contributed by atoms with Gasteiger partial charge in [0.2, 0.25) is 0 Å². The van der Waals surface area contributed by atoms with Gasteiger partial charge < -0.3 is 15.0 Å². The summed E-state index contributed by atoms with van der Waals surface area (Å²) in [5.74, 6) is 0.125. The van der Waals surface area contributed by atoms with E-state index in [0.717, 1.165) is 22.2 Å². The molecule has 0 unspecified atom stereocenters. The van der Waals surface area contributed by atoms with Crippen molar-refractivity contribution in [1.29, 1.82) is 0 Å². The van der Waals surface area contributed by atoms with Crippen LogP contribution < -0.4 is 15.0 Å². The second-order valence-electron chi connectivity index (χ2n) is 9.77. The molecule has 5 aromatic rings. The zero-order valence-corrected chi connectivity index (χ0v) is 25.3. The minimum absolute atomic E-state index is 0.0882. The molecular formula is C34H28Cl2N4O3. The summed E-state index contributed by atoms with van der Waals surface area (Å²) < 4.78 is 6.13. The number of carbonyl (C=O) groups excluding carboxylic acids is 2. The van der Waals surface area contributed by atoms with Crippen LogP contribution in [0.2, 0.25) is 10.0 Å². The third-order valence-electron chi connectivity index (χ3n) is 6.86. The molecule has 0 spiro atoms. The Morgan fingerprint density at radius 3 is 2.44 bits per heavy atom. The highest BCUT2D eigenvalue weighted by molar-refractivity contribution is 6.38. The molecule has 0 radical (unpaired) electrons. The number of hydrogen-bond acceptors (Lipinski definition) is 5. The fourth-order valence-corrected chi connectivity index (χ4v) is 5.08. The number of hydrogen-bond donors (Lipinski definition) is 1. The summed E-state index contributed by atoms with van der Waals surface area (Å²) in [6, 6.07) is 25.5. The number of benzene rings is 3. The number of rotatable bonds is 8. The van der Waals surface area contributed by atoms with Gasteiger partial charge in [-0.25, -0.2) is 9.97 Å². The van der Waals surface area contributed by atoms with E-state index in [2.05, 4.69) is 15.3 Å². The standard InChI is InChI=1S/C34H28Cl2N4O3/c1-21-10-14-23-6-4-9-30(32(23)38-21)43-20-26-27(35)18-19-29(31(26)36)40(3)34(42)28-8-5-7-25(39-28)17-13-22-11-15-24(16-12-22)33(41)37-2/h4-19H,20H2,1-3H3,(H,37,41). The van der Waals surface area contributed by atoms with Crippen molar-refractivity contribution < 1.29 is 14.3 Å². The van der Waals surface area contributed by atoms with E-state index >= 15 is 0 Å². The van der Waals surface area contributed by atoms with Crippen molar-refractivity contribution >= 4 is 63.8 Å². The van der Waals surface area contributed by atoms with Crippen LogP contribution in [0.5, 0.6) is 5.75 Å². The highest BCUT2D eigenvalue weighted by Gasteiger charge is 2.21. The second kappa shape index (κ2) is 13.1. The Labute approximate surface area is 259 Å². The van der Waals surface area contributed by atoms with Gasteiger partial charge in [0, 0.05) is 41.3 Å². The molecule has 1 N–H and O–H groups in total. The first-order chi connectivity index (χ1) is 20.7. The summed E-state index contributed by atoms with van der Waals surface area (Å²) >= 11 is 13.3. The number of amides is 2. The zero-order valence-electron chi connectivity index (χ0n) is 23.8. The molecule has 43 heavy (non-hydrogen) atoms. The van der Waals surface area contributed by atoms with Crippen LogP contribution in [-0.2, 0) is 6.61 Å². The van der Waals surface area contributed by atoms with Gasteiger partial charge >= 0.3 is 0 Å². The number of anilines is 1. The first-order valence-corrected chi connectivity index (χ1v) is 14.2. The van der Waals surface area contributed by atoms with Crippen molar-refractivity contribution in [3.05, 3.63) is 129 Å². The number of para-hydroxylation sites is 1. The Bertz CT molecular complexity index is 1860. The number of carbonyl (C=O) groups is 2. The average molecular weight is 612 g/mol. The van der Waals surface area contributed by atoms with E-state index in [1.54, 1.807) is 62.6 Å². The highest BCUT2D eigenvalue weighted by Crippen LogP contribution is 2.35. The van der Waals surface area contributed by atoms with Crippen molar-refractivity contribution in [3.8, 4) is 5.75 Å². The lowest BCUT2D eigenvalue weighted by molar-refractivity contribution is 0.0961. The predicted molar refractivity (Wildman–Crippen MR) is 173 cm³/mol. The van der Waals surface area contributed by atoms with Gasteiger partial charge in [-0.2, -0.15) is 0 Å². The number of nitrogens with one attached hydrogen (secondary N) is 1. The Kier molecular flexibility index (Phi) is 9.04. The average Bonchev–Trinajstić information content (AvgIpc) is 3.03. The van der Waals surface area contributed by atoms with E-state index in [4.69, 9.17) is 27.9 Å². The van der Waals surface area contributed by atoms with E-state index in [1.807, 2.05) is 55.5 Å². The van der Waals surface area contributed by atoms with Crippen molar-refractivity contribution in [3.63, 3.8) is 0 Å². The molecule has 0 aliphatic rings. The molecule has 2 amide bonds. The van der Waals surface area contributed by atoms with Crippen molar-refractivity contribution in [1.82, 2.24) is 15.3 Å². The van der Waals surface area contributed by atoms with Crippen LogP contribution in [0.15, 0.2) is 84.9 Å². The van der Waals surface area contributed by atoms with Crippen molar-refractivity contribution in [2.75, 3.05) is 19.0 Å². The molecule has 0 aliphatic heterocycles. The smallest absolute Gasteiger partial charge is 0.276 e. The molecule has 0 atom stereocenters. The van der Waals surface area contributed by atoms with Crippen LogP contribution in [0, 0.1) is 6.92 Å². The maximum atomic E-state index is 13.5. The fourth-order valence-electron chi connectivity index (χ4n) is 4.48. The number of ether oxygens (including phenoxy) is 1. The van der Waals surface area contributed by atoms with Crippen LogP contribution in [-0.4, -0.2) is 35.9 Å². The Hall–Kier alpha value is -4.72. The number of halogens is 2. The maximum absolute atomic E-state index is 13.5. The summed E-state index contributed by atoms with van der Waals surface area (Å²) in [4.78, 5) is 35.8. The molecule has 5 rings (SSSR count). The van der Waals surface area contributed by atoms with Gasteiger partial charge in [-0.3, -0.25) is 9.59 Å². The quantitative estimate of drug-likeness (QED) is 0.195. The van der Waals surface area contributed by atoms with Gasteiger partial charge in [0.25, 0.3) is 11.8 Å². The van der Waals surface area contributed by atoms with Crippen LogP contribution in [0.25, 0.3) is 23.1 Å². The molecule has 0 aliphatic carbocycles. The van der Waals surface area contributed by atoms with Crippen LogP contribution in [0.4, 0.5) is 5.69 Å². The van der Waals surface area contributed by atoms with Crippen molar-refractivity contribution in [2.24, 2.45) is 0 Å². The monoisotopic (exact) mass is 610 g/mol. The van der Waals surface area contributed by atoms with E-state index in [1.165, 1.54) is 4.90 Å². The molecule has 216 valence electrons. The molecule has 0 saturated carbocycles. The Morgan fingerprint density at radius 2 is 1.67 bits per heavy atom. The van der Waals surface area contributed by atoms with Crippen LogP contribution >= 0.6 is 23.2 Å². The third-order valence-corrected chi connectivity index (χ3v) is 7.64. The number of pyridine rings is 2. The molecule has 0 saturated heterocycles. The lowest BCUT2D eigenvalue weighted by Gasteiger charge is -2.21. The molecule has 3 aromatic carbocycles. The maximum Gasteiger partial charge on any atom is 0.276 e. The highest BCUT2D eigenvalue weighted by atomic mass is 35.5. The van der Waals surface area contributed by atoms with Crippen LogP contribution in [0.3, 0.4) is 0 Å². The summed E-state index contributed by atoms with van der Waals surface area (Å²) in [7, 11) is 3.23. The van der Waals surface area contributed by atoms with Crippen molar-refractivity contribution in [2.45, 2.75) is 13.5 Å². The first kappa shape index (κ1) is 29.8. The number of nitrogens with zero attached hydrogens (tertiary/aromatic N) is 3. The van der Waals surface area contributed by atoms with Gasteiger partial charge in [-0.15, -0.1) is 0 Å².